The van der Waals surface area contributed by atoms with Gasteiger partial charge in [0.1, 0.15) is 0 Å². The monoisotopic (exact) mass is 306 g/mol. The third-order valence-corrected chi connectivity index (χ3v) is 4.93. The minimum Gasteiger partial charge on any atom is -0.225 e. The quantitative estimate of drug-likeness (QED) is 0.702. The van der Waals surface area contributed by atoms with Crippen molar-refractivity contribution < 1.29 is 16.8 Å². The van der Waals surface area contributed by atoms with Crippen LogP contribution in [-0.2, 0) is 26.5 Å². The predicted octanol–water partition coefficient (Wildman–Crippen LogP) is 0.206. The molecule has 3 N–H and O–H groups in total. The number of aryl methyl sites for hydroxylation is 1. The van der Waals surface area contributed by atoms with E-state index in [-0.39, 0.29) is 10.6 Å². The Labute approximate surface area is 114 Å². The molecule has 0 heterocycles. The van der Waals surface area contributed by atoms with E-state index in [1.54, 1.807) is 19.1 Å². The maximum absolute atomic E-state index is 11.2. The van der Waals surface area contributed by atoms with Gasteiger partial charge in [-0.15, -0.1) is 0 Å². The summed E-state index contributed by atoms with van der Waals surface area (Å²) in [6, 6.07) is 6.24. The highest BCUT2D eigenvalue weighted by atomic mass is 32.2. The number of hydrogen-bond acceptors (Lipinski definition) is 4. The molecule has 6 nitrogen and oxygen atoms in total. The van der Waals surface area contributed by atoms with Gasteiger partial charge in [-0.3, -0.25) is 0 Å². The number of nitrogens with one attached hydrogen (secondary N) is 1. The van der Waals surface area contributed by atoms with Crippen LogP contribution in [0.3, 0.4) is 0 Å². The van der Waals surface area contributed by atoms with Gasteiger partial charge in [0.05, 0.1) is 10.6 Å². The van der Waals surface area contributed by atoms with Crippen molar-refractivity contribution in [1.29, 1.82) is 0 Å². The van der Waals surface area contributed by atoms with Gasteiger partial charge in [0, 0.05) is 6.54 Å². The van der Waals surface area contributed by atoms with Crippen molar-refractivity contribution in [3.63, 3.8) is 0 Å². The third-order valence-electron chi connectivity index (χ3n) is 2.60. The zero-order valence-corrected chi connectivity index (χ0v) is 12.3. The Balaban J connectivity index is 2.47. The average molecular weight is 306 g/mol. The van der Waals surface area contributed by atoms with Crippen molar-refractivity contribution in [2.75, 3.05) is 12.3 Å². The zero-order valence-electron chi connectivity index (χ0n) is 10.7. The van der Waals surface area contributed by atoms with Crippen LogP contribution in [0.25, 0.3) is 0 Å². The Morgan fingerprint density at radius 3 is 2.16 bits per heavy atom. The molecule has 8 heteroatoms. The molecular weight excluding hydrogens is 288 g/mol. The first kappa shape index (κ1) is 16.1. The minimum atomic E-state index is -3.66. The topological polar surface area (TPSA) is 106 Å². The predicted molar refractivity (Wildman–Crippen MR) is 73.6 cm³/mol. The highest BCUT2D eigenvalue weighted by molar-refractivity contribution is 7.89. The number of primary sulfonamides is 1. The minimum absolute atomic E-state index is 0.0655. The maximum atomic E-state index is 11.2. The number of sulfonamides is 2. The Kier molecular flexibility index (Phi) is 5.48. The summed E-state index contributed by atoms with van der Waals surface area (Å²) >= 11 is 0. The normalized spacial score (nSPS) is 12.5. The van der Waals surface area contributed by atoms with Crippen LogP contribution in [0, 0.1) is 0 Å². The second-order valence-electron chi connectivity index (χ2n) is 4.09. The van der Waals surface area contributed by atoms with Gasteiger partial charge in [0.2, 0.25) is 20.0 Å². The average Bonchev–Trinajstić information content (AvgIpc) is 2.34. The van der Waals surface area contributed by atoms with Gasteiger partial charge in [-0.05, 0) is 37.5 Å². The summed E-state index contributed by atoms with van der Waals surface area (Å²) in [7, 11) is -6.80. The molecule has 0 radical (unpaired) electrons. The van der Waals surface area contributed by atoms with E-state index in [1.165, 1.54) is 12.1 Å². The number of rotatable bonds is 7. The lowest BCUT2D eigenvalue weighted by molar-refractivity contribution is 0.580. The molecule has 0 aliphatic carbocycles. The summed E-state index contributed by atoms with van der Waals surface area (Å²) in [6.07, 6.45) is 1.31. The molecule has 1 aromatic carbocycles. The van der Waals surface area contributed by atoms with Gasteiger partial charge in [0.15, 0.2) is 0 Å². The van der Waals surface area contributed by atoms with Crippen LogP contribution in [-0.4, -0.2) is 29.1 Å². The fourth-order valence-corrected chi connectivity index (χ4v) is 2.64. The van der Waals surface area contributed by atoms with Crippen LogP contribution in [0.2, 0.25) is 0 Å². The lowest BCUT2D eigenvalue weighted by Gasteiger charge is -2.05. The van der Waals surface area contributed by atoms with E-state index < -0.39 is 20.0 Å². The van der Waals surface area contributed by atoms with Crippen LogP contribution in [0.1, 0.15) is 18.9 Å². The molecule has 0 unspecified atom stereocenters. The fraction of sp³-hybridized carbons (Fsp3) is 0.455. The van der Waals surface area contributed by atoms with Crippen LogP contribution < -0.4 is 9.86 Å². The largest absolute Gasteiger partial charge is 0.238 e. The van der Waals surface area contributed by atoms with E-state index in [9.17, 15) is 16.8 Å². The second-order valence-corrected chi connectivity index (χ2v) is 7.75. The molecule has 108 valence electrons. The Bertz CT molecular complexity index is 607. The first-order valence-corrected chi connectivity index (χ1v) is 9.03. The van der Waals surface area contributed by atoms with Crippen LogP contribution in [0.5, 0.6) is 0 Å². The summed E-state index contributed by atoms with van der Waals surface area (Å²) in [5.41, 5.74) is 0.933. The number of benzene rings is 1. The first-order valence-electron chi connectivity index (χ1n) is 5.83. The number of hydrogen-bond donors (Lipinski definition) is 2. The van der Waals surface area contributed by atoms with Crippen LogP contribution in [0.15, 0.2) is 29.2 Å². The van der Waals surface area contributed by atoms with Gasteiger partial charge >= 0.3 is 0 Å². The molecule has 0 aliphatic rings. The molecule has 19 heavy (non-hydrogen) atoms. The van der Waals surface area contributed by atoms with Crippen molar-refractivity contribution in [2.24, 2.45) is 5.14 Å². The smallest absolute Gasteiger partial charge is 0.225 e. The summed E-state index contributed by atoms with van der Waals surface area (Å²) < 4.78 is 46.9. The van der Waals surface area contributed by atoms with Crippen molar-refractivity contribution in [3.8, 4) is 0 Å². The van der Waals surface area contributed by atoms with Gasteiger partial charge in [-0.2, -0.15) is 0 Å². The fourth-order valence-electron chi connectivity index (χ4n) is 1.47. The maximum Gasteiger partial charge on any atom is 0.238 e. The van der Waals surface area contributed by atoms with Crippen LogP contribution in [0.4, 0.5) is 0 Å². The molecule has 0 aromatic heterocycles. The SMILES string of the molecule is CCS(=O)(=O)NCCCc1ccc(S(N)(=O)=O)cc1. The number of nitrogens with two attached hydrogens (primary N) is 1. The summed E-state index contributed by atoms with van der Waals surface area (Å²) in [5.74, 6) is 0.0655. The molecule has 0 spiro atoms. The second kappa shape index (κ2) is 6.47. The molecule has 0 saturated heterocycles. The van der Waals surface area contributed by atoms with E-state index >= 15 is 0 Å². The van der Waals surface area contributed by atoms with Crippen molar-refractivity contribution in [1.82, 2.24) is 4.72 Å². The highest BCUT2D eigenvalue weighted by Gasteiger charge is 2.07. The highest BCUT2D eigenvalue weighted by Crippen LogP contribution is 2.10. The van der Waals surface area contributed by atoms with E-state index in [0.29, 0.717) is 19.4 Å². The Morgan fingerprint density at radius 1 is 1.11 bits per heavy atom. The molecule has 0 amide bonds. The van der Waals surface area contributed by atoms with Crippen LogP contribution >= 0.6 is 0 Å². The van der Waals surface area contributed by atoms with E-state index in [1.807, 2.05) is 0 Å². The van der Waals surface area contributed by atoms with Crippen molar-refractivity contribution in [2.45, 2.75) is 24.7 Å². The standard InChI is InChI=1S/C11H18N2O4S2/c1-2-18(14,15)13-9-3-4-10-5-7-11(8-6-10)19(12,16)17/h5-8,13H,2-4,9H2,1H3,(H2,12,16,17). The Hall–Kier alpha value is -0.960. The lowest BCUT2D eigenvalue weighted by Crippen LogP contribution is -2.26. The molecule has 1 aromatic rings. The van der Waals surface area contributed by atoms with E-state index in [4.69, 9.17) is 5.14 Å². The molecule has 0 fully saturated rings. The summed E-state index contributed by atoms with van der Waals surface area (Å²) in [6.45, 7) is 1.95. The lowest BCUT2D eigenvalue weighted by atomic mass is 10.1. The van der Waals surface area contributed by atoms with Gasteiger partial charge in [-0.25, -0.2) is 26.7 Å². The van der Waals surface area contributed by atoms with Crippen molar-refractivity contribution >= 4 is 20.0 Å². The third kappa shape index (κ3) is 5.68. The van der Waals surface area contributed by atoms with E-state index in [0.717, 1.165) is 5.56 Å². The molecule has 0 aliphatic heterocycles. The summed E-state index contributed by atoms with van der Waals surface area (Å²) in [5, 5.41) is 4.99. The molecule has 0 saturated carbocycles. The molecular formula is C11H18N2O4S2. The first-order chi connectivity index (χ1) is 8.74. The molecule has 0 bridgehead atoms. The molecule has 1 rings (SSSR count). The van der Waals surface area contributed by atoms with Gasteiger partial charge < -0.3 is 0 Å². The molecule has 0 atom stereocenters. The van der Waals surface area contributed by atoms with E-state index in [2.05, 4.69) is 4.72 Å². The zero-order chi connectivity index (χ0) is 14.5. The van der Waals surface area contributed by atoms with Gasteiger partial charge in [-0.1, -0.05) is 12.1 Å². The van der Waals surface area contributed by atoms with Crippen molar-refractivity contribution in [3.05, 3.63) is 29.8 Å². The van der Waals surface area contributed by atoms with Gasteiger partial charge in [0.25, 0.3) is 0 Å². The summed E-state index contributed by atoms with van der Waals surface area (Å²) in [4.78, 5) is 0.0722. The Morgan fingerprint density at radius 2 is 1.68 bits per heavy atom.